The lowest BCUT2D eigenvalue weighted by atomic mass is 10.2. The van der Waals surface area contributed by atoms with Gasteiger partial charge in [-0.3, -0.25) is 4.79 Å². The lowest BCUT2D eigenvalue weighted by Crippen LogP contribution is -2.19. The Labute approximate surface area is 154 Å². The van der Waals surface area contributed by atoms with Gasteiger partial charge in [-0.1, -0.05) is 11.6 Å². The molecule has 6 nitrogen and oxygen atoms in total. The van der Waals surface area contributed by atoms with Crippen LogP contribution >= 0.6 is 23.4 Å². The van der Waals surface area contributed by atoms with E-state index < -0.39 is 0 Å². The molecule has 0 saturated heterocycles. The van der Waals surface area contributed by atoms with E-state index in [1.54, 1.807) is 31.4 Å². The summed E-state index contributed by atoms with van der Waals surface area (Å²) in [6.07, 6.45) is 1.52. The fourth-order valence-corrected chi connectivity index (χ4v) is 2.93. The average molecular weight is 379 g/mol. The van der Waals surface area contributed by atoms with E-state index in [0.717, 1.165) is 10.5 Å². The van der Waals surface area contributed by atoms with Gasteiger partial charge in [0.25, 0.3) is 0 Å². The van der Waals surface area contributed by atoms with Crippen LogP contribution in [0.4, 0.5) is 0 Å². The molecule has 1 aliphatic heterocycles. The quantitative estimate of drug-likeness (QED) is 0.474. The molecule has 0 fully saturated rings. The maximum absolute atomic E-state index is 11.8. The maximum Gasteiger partial charge on any atom is 0.250 e. The van der Waals surface area contributed by atoms with Crippen LogP contribution in [-0.4, -0.2) is 31.8 Å². The Bertz CT molecular complexity index is 796. The SMILES string of the molecule is COc1cc(/C=N/NC(=O)CSc2ccc(Cl)cc2)cc2c1OCO2. The predicted molar refractivity (Wildman–Crippen MR) is 97.0 cm³/mol. The molecule has 0 atom stereocenters. The molecule has 1 heterocycles. The van der Waals surface area contributed by atoms with Crippen molar-refractivity contribution in [1.29, 1.82) is 0 Å². The summed E-state index contributed by atoms with van der Waals surface area (Å²) in [5.41, 5.74) is 3.22. The molecule has 0 saturated carbocycles. The van der Waals surface area contributed by atoms with E-state index in [1.165, 1.54) is 18.0 Å². The molecular weight excluding hydrogens is 364 g/mol. The standard InChI is InChI=1S/C17H15ClN2O4S/c1-22-14-6-11(7-15-17(14)24-10-23-15)8-19-20-16(21)9-25-13-4-2-12(18)3-5-13/h2-8H,9-10H2,1H3,(H,20,21)/b19-8+. The first kappa shape index (κ1) is 17.4. The number of hydrogen-bond donors (Lipinski definition) is 1. The zero-order chi connectivity index (χ0) is 17.6. The van der Waals surface area contributed by atoms with Crippen molar-refractivity contribution in [3.63, 3.8) is 0 Å². The molecule has 0 bridgehead atoms. The summed E-state index contributed by atoms with van der Waals surface area (Å²) < 4.78 is 15.9. The molecule has 1 amide bonds. The summed E-state index contributed by atoms with van der Waals surface area (Å²) in [5, 5.41) is 4.62. The third-order valence-corrected chi connectivity index (χ3v) is 4.53. The van der Waals surface area contributed by atoms with E-state index >= 15 is 0 Å². The van der Waals surface area contributed by atoms with Crippen molar-refractivity contribution in [3.05, 3.63) is 47.0 Å². The van der Waals surface area contributed by atoms with Crippen LogP contribution in [0.15, 0.2) is 46.4 Å². The third-order valence-electron chi connectivity index (χ3n) is 3.27. The molecule has 25 heavy (non-hydrogen) atoms. The first-order valence-electron chi connectivity index (χ1n) is 7.33. The second kappa shape index (κ2) is 8.13. The van der Waals surface area contributed by atoms with Gasteiger partial charge >= 0.3 is 0 Å². The Kier molecular flexibility index (Phi) is 5.67. The maximum atomic E-state index is 11.8. The number of rotatable bonds is 6. The molecule has 0 aromatic heterocycles. The van der Waals surface area contributed by atoms with Crippen molar-refractivity contribution in [2.24, 2.45) is 5.10 Å². The number of methoxy groups -OCH3 is 1. The Balaban J connectivity index is 1.54. The van der Waals surface area contributed by atoms with Crippen molar-refractivity contribution in [2.45, 2.75) is 4.90 Å². The first-order valence-corrected chi connectivity index (χ1v) is 8.70. The number of benzene rings is 2. The largest absolute Gasteiger partial charge is 0.493 e. The Hall–Kier alpha value is -2.38. The highest BCUT2D eigenvalue weighted by Gasteiger charge is 2.19. The fraction of sp³-hybridized carbons (Fsp3) is 0.176. The topological polar surface area (TPSA) is 69.2 Å². The van der Waals surface area contributed by atoms with Crippen LogP contribution in [0.25, 0.3) is 0 Å². The summed E-state index contributed by atoms with van der Waals surface area (Å²) in [7, 11) is 1.55. The van der Waals surface area contributed by atoms with Crippen LogP contribution in [0.3, 0.4) is 0 Å². The molecular formula is C17H15ClN2O4S. The second-order valence-corrected chi connectivity index (χ2v) is 6.48. The van der Waals surface area contributed by atoms with Crippen LogP contribution in [0.5, 0.6) is 17.2 Å². The van der Waals surface area contributed by atoms with Crippen molar-refractivity contribution < 1.29 is 19.0 Å². The normalized spacial score (nSPS) is 12.4. The first-order chi connectivity index (χ1) is 12.2. The Morgan fingerprint density at radius 1 is 1.36 bits per heavy atom. The van der Waals surface area contributed by atoms with Gasteiger partial charge in [-0.15, -0.1) is 11.8 Å². The number of thioether (sulfide) groups is 1. The number of hydrazone groups is 1. The molecule has 1 aliphatic rings. The van der Waals surface area contributed by atoms with E-state index in [0.29, 0.717) is 22.3 Å². The van der Waals surface area contributed by atoms with Gasteiger partial charge in [-0.2, -0.15) is 5.10 Å². The van der Waals surface area contributed by atoms with Gasteiger partial charge in [0, 0.05) is 15.5 Å². The Morgan fingerprint density at radius 2 is 2.16 bits per heavy atom. The number of carbonyl (C=O) groups excluding carboxylic acids is 1. The van der Waals surface area contributed by atoms with Gasteiger partial charge < -0.3 is 14.2 Å². The molecule has 130 valence electrons. The fourth-order valence-electron chi connectivity index (χ4n) is 2.12. The highest BCUT2D eigenvalue weighted by atomic mass is 35.5. The smallest absolute Gasteiger partial charge is 0.250 e. The van der Waals surface area contributed by atoms with E-state index in [1.807, 2.05) is 12.1 Å². The van der Waals surface area contributed by atoms with Gasteiger partial charge in [-0.05, 0) is 36.4 Å². The van der Waals surface area contributed by atoms with Crippen LogP contribution in [0.2, 0.25) is 5.02 Å². The molecule has 0 aliphatic carbocycles. The highest BCUT2D eigenvalue weighted by Crippen LogP contribution is 2.41. The molecule has 2 aromatic carbocycles. The number of nitrogens with zero attached hydrogens (tertiary/aromatic N) is 1. The lowest BCUT2D eigenvalue weighted by molar-refractivity contribution is -0.118. The van der Waals surface area contributed by atoms with Gasteiger partial charge in [-0.25, -0.2) is 5.43 Å². The summed E-state index contributed by atoms with van der Waals surface area (Å²) in [6, 6.07) is 10.8. The van der Waals surface area contributed by atoms with Crippen LogP contribution in [-0.2, 0) is 4.79 Å². The van der Waals surface area contributed by atoms with Gasteiger partial charge in [0.1, 0.15) is 0 Å². The minimum absolute atomic E-state index is 0.158. The minimum atomic E-state index is -0.205. The van der Waals surface area contributed by atoms with Gasteiger partial charge in [0.15, 0.2) is 11.5 Å². The Morgan fingerprint density at radius 3 is 2.92 bits per heavy atom. The van der Waals surface area contributed by atoms with E-state index in [2.05, 4.69) is 10.5 Å². The second-order valence-electron chi connectivity index (χ2n) is 4.99. The van der Waals surface area contributed by atoms with Crippen LogP contribution in [0.1, 0.15) is 5.56 Å². The molecule has 1 N–H and O–H groups in total. The number of amides is 1. The van der Waals surface area contributed by atoms with E-state index in [9.17, 15) is 4.79 Å². The molecule has 2 aromatic rings. The third kappa shape index (κ3) is 4.58. The lowest BCUT2D eigenvalue weighted by Gasteiger charge is -2.05. The summed E-state index contributed by atoms with van der Waals surface area (Å²) >= 11 is 7.23. The molecule has 0 unspecified atom stereocenters. The number of fused-ring (bicyclic) bond motifs is 1. The predicted octanol–water partition coefficient (Wildman–Crippen LogP) is 3.32. The monoisotopic (exact) mass is 378 g/mol. The summed E-state index contributed by atoms with van der Waals surface area (Å²) in [5.74, 6) is 1.77. The average Bonchev–Trinajstić information content (AvgIpc) is 3.09. The van der Waals surface area contributed by atoms with E-state index in [-0.39, 0.29) is 18.5 Å². The van der Waals surface area contributed by atoms with E-state index in [4.69, 9.17) is 25.8 Å². The molecule has 8 heteroatoms. The molecule has 3 rings (SSSR count). The van der Waals surface area contributed by atoms with Gasteiger partial charge in [0.05, 0.1) is 19.1 Å². The van der Waals surface area contributed by atoms with Crippen molar-refractivity contribution in [1.82, 2.24) is 5.43 Å². The van der Waals surface area contributed by atoms with Gasteiger partial charge in [0.2, 0.25) is 18.4 Å². The van der Waals surface area contributed by atoms with Crippen LogP contribution in [0, 0.1) is 0 Å². The zero-order valence-corrected chi connectivity index (χ0v) is 14.9. The van der Waals surface area contributed by atoms with Crippen LogP contribution < -0.4 is 19.6 Å². The van der Waals surface area contributed by atoms with Crippen molar-refractivity contribution in [3.8, 4) is 17.2 Å². The number of nitrogens with one attached hydrogen (secondary N) is 1. The van der Waals surface area contributed by atoms with Crippen molar-refractivity contribution >= 4 is 35.5 Å². The number of ether oxygens (including phenoxy) is 3. The number of hydrogen-bond acceptors (Lipinski definition) is 6. The summed E-state index contributed by atoms with van der Waals surface area (Å²) in [6.45, 7) is 0.158. The highest BCUT2D eigenvalue weighted by molar-refractivity contribution is 8.00. The number of halogens is 1. The summed E-state index contributed by atoms with van der Waals surface area (Å²) in [4.78, 5) is 12.8. The van der Waals surface area contributed by atoms with Crippen molar-refractivity contribution in [2.75, 3.05) is 19.7 Å². The number of carbonyl (C=O) groups is 1. The minimum Gasteiger partial charge on any atom is -0.493 e. The molecule has 0 spiro atoms. The molecule has 0 radical (unpaired) electrons. The zero-order valence-electron chi connectivity index (χ0n) is 13.3.